The van der Waals surface area contributed by atoms with Gasteiger partial charge in [-0.05, 0) is 42.5 Å². The molecular weight excluding hydrogens is 238 g/mol. The van der Waals surface area contributed by atoms with E-state index >= 15 is 0 Å². The lowest BCUT2D eigenvalue weighted by atomic mass is 9.87. The van der Waals surface area contributed by atoms with Crippen molar-refractivity contribution < 1.29 is 5.11 Å². The fourth-order valence-electron chi connectivity index (χ4n) is 2.80. The highest BCUT2D eigenvalue weighted by Crippen LogP contribution is 2.31. The molecule has 2 aromatic rings. The second kappa shape index (κ2) is 5.45. The Hall–Kier alpha value is -1.81. The summed E-state index contributed by atoms with van der Waals surface area (Å²) < 4.78 is 0. The van der Waals surface area contributed by atoms with Crippen LogP contribution in [0.25, 0.3) is 0 Å². The van der Waals surface area contributed by atoms with Crippen LogP contribution < -0.4 is 5.32 Å². The molecule has 0 saturated carbocycles. The minimum absolute atomic E-state index is 0.360. The van der Waals surface area contributed by atoms with Crippen molar-refractivity contribution in [3.63, 3.8) is 0 Å². The van der Waals surface area contributed by atoms with Crippen LogP contribution >= 0.6 is 0 Å². The Bertz CT molecular complexity index is 536. The molecule has 0 bridgehead atoms. The first-order valence-corrected chi connectivity index (χ1v) is 6.85. The molecule has 1 heterocycles. The molecule has 1 aliphatic rings. The van der Waals surface area contributed by atoms with Gasteiger partial charge in [0.2, 0.25) is 0 Å². The highest BCUT2D eigenvalue weighted by molar-refractivity contribution is 5.38. The molecule has 19 heavy (non-hydrogen) atoms. The van der Waals surface area contributed by atoms with E-state index in [4.69, 9.17) is 0 Å². The topological polar surface area (TPSA) is 60.9 Å². The Morgan fingerprint density at radius 3 is 3.21 bits per heavy atom. The summed E-state index contributed by atoms with van der Waals surface area (Å²) in [6, 6.07) is 6.10. The quantitative estimate of drug-likeness (QED) is 0.787. The standard InChI is InChI=1S/C15H19N3O/c19-13-5-4-11-2-1-3-15(14(11)8-13)17-7-6-12-9-16-10-18-12/h4-5,8-10,15,17,19H,1-3,6-7H2,(H,16,18). The van der Waals surface area contributed by atoms with E-state index in [-0.39, 0.29) is 0 Å². The average Bonchev–Trinajstić information content (AvgIpc) is 2.92. The molecule has 1 aromatic heterocycles. The number of benzene rings is 1. The predicted molar refractivity (Wildman–Crippen MR) is 74.1 cm³/mol. The van der Waals surface area contributed by atoms with E-state index in [2.05, 4.69) is 15.3 Å². The number of aromatic nitrogens is 2. The van der Waals surface area contributed by atoms with Crippen molar-refractivity contribution in [3.8, 4) is 5.75 Å². The van der Waals surface area contributed by atoms with Gasteiger partial charge < -0.3 is 15.4 Å². The molecule has 1 aromatic carbocycles. The largest absolute Gasteiger partial charge is 0.508 e. The summed E-state index contributed by atoms with van der Waals surface area (Å²) in [5.41, 5.74) is 3.78. The zero-order chi connectivity index (χ0) is 13.1. The second-order valence-electron chi connectivity index (χ2n) is 5.11. The normalized spacial score (nSPS) is 18.2. The number of fused-ring (bicyclic) bond motifs is 1. The number of aromatic amines is 1. The molecule has 4 heteroatoms. The monoisotopic (exact) mass is 257 g/mol. The maximum Gasteiger partial charge on any atom is 0.115 e. The fraction of sp³-hybridized carbons (Fsp3) is 0.400. The first kappa shape index (κ1) is 12.2. The number of H-pyrrole nitrogens is 1. The van der Waals surface area contributed by atoms with Gasteiger partial charge in [0.1, 0.15) is 5.75 Å². The minimum atomic E-state index is 0.360. The molecule has 3 N–H and O–H groups in total. The van der Waals surface area contributed by atoms with Crippen LogP contribution in [0.3, 0.4) is 0 Å². The molecule has 0 spiro atoms. The van der Waals surface area contributed by atoms with Crippen molar-refractivity contribution in [2.24, 2.45) is 0 Å². The summed E-state index contributed by atoms with van der Waals surface area (Å²) in [5, 5.41) is 13.2. The van der Waals surface area contributed by atoms with E-state index in [0.717, 1.165) is 31.5 Å². The van der Waals surface area contributed by atoms with Crippen LogP contribution in [0.1, 0.15) is 35.7 Å². The van der Waals surface area contributed by atoms with Crippen LogP contribution in [0.5, 0.6) is 5.75 Å². The van der Waals surface area contributed by atoms with Gasteiger partial charge in [-0.1, -0.05) is 6.07 Å². The predicted octanol–water partition coefficient (Wildman–Crippen LogP) is 2.33. The van der Waals surface area contributed by atoms with Crippen molar-refractivity contribution in [1.82, 2.24) is 15.3 Å². The number of aromatic hydroxyl groups is 1. The lowest BCUT2D eigenvalue weighted by molar-refractivity contribution is 0.448. The van der Waals surface area contributed by atoms with E-state index in [9.17, 15) is 5.11 Å². The average molecular weight is 257 g/mol. The Morgan fingerprint density at radius 1 is 1.42 bits per heavy atom. The summed E-state index contributed by atoms with van der Waals surface area (Å²) in [5.74, 6) is 0.362. The molecule has 0 amide bonds. The van der Waals surface area contributed by atoms with Crippen LogP contribution in [0.15, 0.2) is 30.7 Å². The number of nitrogens with zero attached hydrogens (tertiary/aromatic N) is 1. The van der Waals surface area contributed by atoms with Crippen LogP contribution in [-0.2, 0) is 12.8 Å². The highest BCUT2D eigenvalue weighted by Gasteiger charge is 2.19. The summed E-state index contributed by atoms with van der Waals surface area (Å²) in [4.78, 5) is 7.13. The first-order valence-electron chi connectivity index (χ1n) is 6.85. The van der Waals surface area contributed by atoms with Crippen LogP contribution in [0.2, 0.25) is 0 Å². The van der Waals surface area contributed by atoms with Crippen LogP contribution in [-0.4, -0.2) is 21.6 Å². The summed E-state index contributed by atoms with van der Waals surface area (Å²) in [6.07, 6.45) is 7.99. The molecule has 1 atom stereocenters. The van der Waals surface area contributed by atoms with Crippen molar-refractivity contribution in [1.29, 1.82) is 0 Å². The summed E-state index contributed by atoms with van der Waals surface area (Å²) in [6.45, 7) is 0.919. The van der Waals surface area contributed by atoms with E-state index < -0.39 is 0 Å². The maximum atomic E-state index is 9.64. The van der Waals surface area contributed by atoms with Gasteiger partial charge in [-0.25, -0.2) is 4.98 Å². The number of hydrogen-bond donors (Lipinski definition) is 3. The Morgan fingerprint density at radius 2 is 2.37 bits per heavy atom. The second-order valence-corrected chi connectivity index (χ2v) is 5.11. The number of imidazole rings is 1. The van der Waals surface area contributed by atoms with Gasteiger partial charge in [-0.3, -0.25) is 0 Å². The first-order chi connectivity index (χ1) is 9.33. The maximum absolute atomic E-state index is 9.64. The molecule has 3 rings (SSSR count). The Balaban J connectivity index is 1.64. The van der Waals surface area contributed by atoms with E-state index in [0.29, 0.717) is 11.8 Å². The molecule has 0 radical (unpaired) electrons. The smallest absolute Gasteiger partial charge is 0.115 e. The highest BCUT2D eigenvalue weighted by atomic mass is 16.3. The molecule has 1 unspecified atom stereocenters. The molecule has 4 nitrogen and oxygen atoms in total. The lowest BCUT2D eigenvalue weighted by Gasteiger charge is -2.26. The summed E-state index contributed by atoms with van der Waals surface area (Å²) in [7, 11) is 0. The Labute approximate surface area is 112 Å². The van der Waals surface area contributed by atoms with Crippen LogP contribution in [0, 0.1) is 0 Å². The molecule has 0 aliphatic heterocycles. The van der Waals surface area contributed by atoms with Gasteiger partial charge in [0.05, 0.1) is 6.33 Å². The number of nitrogens with one attached hydrogen (secondary N) is 2. The van der Waals surface area contributed by atoms with Gasteiger partial charge in [-0.2, -0.15) is 0 Å². The molecule has 100 valence electrons. The van der Waals surface area contributed by atoms with Crippen molar-refractivity contribution in [2.75, 3.05) is 6.54 Å². The molecule has 0 saturated heterocycles. The summed E-state index contributed by atoms with van der Waals surface area (Å²) >= 11 is 0. The minimum Gasteiger partial charge on any atom is -0.508 e. The third-order valence-corrected chi connectivity index (χ3v) is 3.78. The third-order valence-electron chi connectivity index (χ3n) is 3.78. The molecule has 0 fully saturated rings. The van der Waals surface area contributed by atoms with Crippen molar-refractivity contribution >= 4 is 0 Å². The zero-order valence-corrected chi connectivity index (χ0v) is 10.9. The molecular formula is C15H19N3O. The molecule has 1 aliphatic carbocycles. The van der Waals surface area contributed by atoms with Gasteiger partial charge in [-0.15, -0.1) is 0 Å². The fourth-order valence-corrected chi connectivity index (χ4v) is 2.80. The number of rotatable bonds is 4. The van der Waals surface area contributed by atoms with Crippen LogP contribution in [0.4, 0.5) is 0 Å². The third kappa shape index (κ3) is 2.79. The SMILES string of the molecule is Oc1ccc2c(c1)C(NCCc1cnc[nH]1)CCC2. The van der Waals surface area contributed by atoms with E-state index in [1.54, 1.807) is 12.4 Å². The zero-order valence-electron chi connectivity index (χ0n) is 10.9. The Kier molecular flexibility index (Phi) is 3.51. The lowest BCUT2D eigenvalue weighted by Crippen LogP contribution is -2.27. The van der Waals surface area contributed by atoms with Crippen molar-refractivity contribution in [3.05, 3.63) is 47.5 Å². The number of phenols is 1. The van der Waals surface area contributed by atoms with E-state index in [1.807, 2.05) is 18.3 Å². The number of aryl methyl sites for hydroxylation is 1. The van der Waals surface area contributed by atoms with E-state index in [1.165, 1.54) is 17.5 Å². The van der Waals surface area contributed by atoms with Gasteiger partial charge in [0, 0.05) is 30.9 Å². The van der Waals surface area contributed by atoms with Gasteiger partial charge in [0.25, 0.3) is 0 Å². The number of phenolic OH excluding ortho intramolecular Hbond substituents is 1. The van der Waals surface area contributed by atoms with Gasteiger partial charge in [0.15, 0.2) is 0 Å². The number of hydrogen-bond acceptors (Lipinski definition) is 3. The van der Waals surface area contributed by atoms with Gasteiger partial charge >= 0.3 is 0 Å². The van der Waals surface area contributed by atoms with Crippen molar-refractivity contribution in [2.45, 2.75) is 31.7 Å².